The molecule has 1 saturated carbocycles. The molecule has 0 amide bonds. The largest absolute Gasteiger partial charge is 0.465 e. The predicted octanol–water partition coefficient (Wildman–Crippen LogP) is 2.57. The number of carbonyl (C=O) groups is 1. The van der Waals surface area contributed by atoms with Gasteiger partial charge in [-0.05, 0) is 65.0 Å². The molecule has 1 heterocycles. The molecule has 1 aliphatic heterocycles. The normalized spacial score (nSPS) is 26.3. The molecule has 122 valence electrons. The van der Waals surface area contributed by atoms with E-state index in [0.29, 0.717) is 18.6 Å². The summed E-state index contributed by atoms with van der Waals surface area (Å²) in [4.78, 5) is 15.2. The summed E-state index contributed by atoms with van der Waals surface area (Å²) in [5.41, 5.74) is -0.475. The Hall–Kier alpha value is -0.610. The monoisotopic (exact) mass is 296 g/mol. The smallest absolute Gasteiger partial charge is 0.327 e. The van der Waals surface area contributed by atoms with Gasteiger partial charge in [-0.1, -0.05) is 13.3 Å². The van der Waals surface area contributed by atoms with Gasteiger partial charge in [-0.2, -0.15) is 0 Å². The standard InChI is InChI=1S/C17H32N2O2/c1-4-11-18-17(15-9-10-15,16(20)21-5-2)13-19-12-7-6-8-14(19)3/h14-15,18H,4-13H2,1-3H3. The van der Waals surface area contributed by atoms with Gasteiger partial charge in [0.25, 0.3) is 0 Å². The fraction of sp³-hybridized carbons (Fsp3) is 0.941. The van der Waals surface area contributed by atoms with Crippen molar-refractivity contribution in [2.24, 2.45) is 5.92 Å². The third-order valence-electron chi connectivity index (χ3n) is 5.00. The van der Waals surface area contributed by atoms with Crippen LogP contribution in [0.25, 0.3) is 0 Å². The number of piperidine rings is 1. The molecule has 2 unspecified atom stereocenters. The maximum absolute atomic E-state index is 12.7. The Kier molecular flexibility index (Phi) is 6.06. The number of nitrogens with zero attached hydrogens (tertiary/aromatic N) is 1. The second kappa shape index (κ2) is 7.59. The maximum atomic E-state index is 12.7. The average molecular weight is 296 g/mol. The zero-order valence-corrected chi connectivity index (χ0v) is 14.0. The van der Waals surface area contributed by atoms with Gasteiger partial charge in [0.05, 0.1) is 6.61 Å². The summed E-state index contributed by atoms with van der Waals surface area (Å²) >= 11 is 0. The van der Waals surface area contributed by atoms with Crippen LogP contribution in [0, 0.1) is 5.92 Å². The van der Waals surface area contributed by atoms with Gasteiger partial charge in [0.1, 0.15) is 5.54 Å². The molecule has 0 radical (unpaired) electrons. The molecular formula is C17H32N2O2. The van der Waals surface area contributed by atoms with Crippen LogP contribution in [0.1, 0.15) is 59.3 Å². The van der Waals surface area contributed by atoms with Crippen LogP contribution < -0.4 is 5.32 Å². The topological polar surface area (TPSA) is 41.6 Å². The van der Waals surface area contributed by atoms with Crippen molar-refractivity contribution in [3.63, 3.8) is 0 Å². The van der Waals surface area contributed by atoms with E-state index in [1.807, 2.05) is 6.92 Å². The van der Waals surface area contributed by atoms with E-state index in [9.17, 15) is 4.79 Å². The first-order valence-corrected chi connectivity index (χ1v) is 8.80. The van der Waals surface area contributed by atoms with Crippen LogP contribution in [-0.2, 0) is 9.53 Å². The van der Waals surface area contributed by atoms with E-state index in [1.54, 1.807) is 0 Å². The number of carbonyl (C=O) groups excluding carboxylic acids is 1. The van der Waals surface area contributed by atoms with Crippen LogP contribution in [0.3, 0.4) is 0 Å². The van der Waals surface area contributed by atoms with Crippen molar-refractivity contribution in [1.82, 2.24) is 10.2 Å². The van der Waals surface area contributed by atoms with E-state index in [1.165, 1.54) is 19.3 Å². The van der Waals surface area contributed by atoms with Crippen LogP contribution in [-0.4, -0.2) is 48.7 Å². The Morgan fingerprint density at radius 2 is 2.05 bits per heavy atom. The number of rotatable bonds is 8. The summed E-state index contributed by atoms with van der Waals surface area (Å²) < 4.78 is 5.45. The van der Waals surface area contributed by atoms with Crippen LogP contribution in [0.2, 0.25) is 0 Å². The van der Waals surface area contributed by atoms with Gasteiger partial charge in [0.15, 0.2) is 0 Å². The van der Waals surface area contributed by atoms with Gasteiger partial charge in [-0.25, -0.2) is 4.79 Å². The molecule has 0 spiro atoms. The number of hydrogen-bond acceptors (Lipinski definition) is 4. The van der Waals surface area contributed by atoms with E-state index in [-0.39, 0.29) is 5.97 Å². The minimum atomic E-state index is -0.475. The Labute approximate surface area is 129 Å². The molecule has 4 nitrogen and oxygen atoms in total. The number of likely N-dealkylation sites (tertiary alicyclic amines) is 1. The van der Waals surface area contributed by atoms with Gasteiger partial charge in [-0.15, -0.1) is 0 Å². The van der Waals surface area contributed by atoms with Gasteiger partial charge >= 0.3 is 5.97 Å². The minimum Gasteiger partial charge on any atom is -0.465 e. The zero-order valence-electron chi connectivity index (χ0n) is 14.0. The van der Waals surface area contributed by atoms with Gasteiger partial charge in [0.2, 0.25) is 0 Å². The first-order chi connectivity index (χ1) is 10.1. The molecule has 21 heavy (non-hydrogen) atoms. The van der Waals surface area contributed by atoms with Crippen LogP contribution in [0.15, 0.2) is 0 Å². The lowest BCUT2D eigenvalue weighted by Gasteiger charge is -2.42. The summed E-state index contributed by atoms with van der Waals surface area (Å²) in [5, 5.41) is 3.58. The van der Waals surface area contributed by atoms with Crippen molar-refractivity contribution in [2.75, 3.05) is 26.2 Å². The number of hydrogen-bond donors (Lipinski definition) is 1. The van der Waals surface area contributed by atoms with Crippen molar-refractivity contribution in [3.05, 3.63) is 0 Å². The summed E-state index contributed by atoms with van der Waals surface area (Å²) in [6, 6.07) is 0.578. The van der Waals surface area contributed by atoms with Gasteiger partial charge < -0.3 is 10.1 Å². The van der Waals surface area contributed by atoms with E-state index in [0.717, 1.165) is 38.9 Å². The number of nitrogens with one attached hydrogen (secondary N) is 1. The SMILES string of the molecule is CCCNC(CN1CCCCC1C)(C(=O)OCC)C1CC1. The summed E-state index contributed by atoms with van der Waals surface area (Å²) in [6.07, 6.45) is 7.16. The highest BCUT2D eigenvalue weighted by atomic mass is 16.5. The minimum absolute atomic E-state index is 0.0290. The third kappa shape index (κ3) is 3.98. The lowest BCUT2D eigenvalue weighted by atomic mass is 9.90. The molecule has 2 aliphatic rings. The second-order valence-corrected chi connectivity index (χ2v) is 6.71. The Bertz CT molecular complexity index is 344. The quantitative estimate of drug-likeness (QED) is 0.699. The predicted molar refractivity (Wildman–Crippen MR) is 85.3 cm³/mol. The van der Waals surface area contributed by atoms with Crippen molar-refractivity contribution in [2.45, 2.75) is 70.9 Å². The van der Waals surface area contributed by atoms with Crippen LogP contribution >= 0.6 is 0 Å². The Morgan fingerprint density at radius 1 is 1.29 bits per heavy atom. The summed E-state index contributed by atoms with van der Waals surface area (Å²) in [5.74, 6) is 0.427. The molecule has 2 fully saturated rings. The highest BCUT2D eigenvalue weighted by molar-refractivity contribution is 5.82. The van der Waals surface area contributed by atoms with Gasteiger partial charge in [0, 0.05) is 12.6 Å². The van der Waals surface area contributed by atoms with E-state index >= 15 is 0 Å². The molecule has 1 aliphatic carbocycles. The molecule has 1 N–H and O–H groups in total. The molecule has 2 rings (SSSR count). The highest BCUT2D eigenvalue weighted by Gasteiger charge is 2.52. The lowest BCUT2D eigenvalue weighted by Crippen LogP contribution is -2.63. The van der Waals surface area contributed by atoms with Crippen molar-refractivity contribution in [3.8, 4) is 0 Å². The van der Waals surface area contributed by atoms with Crippen molar-refractivity contribution >= 4 is 5.97 Å². The molecule has 1 saturated heterocycles. The second-order valence-electron chi connectivity index (χ2n) is 6.71. The number of esters is 1. The highest BCUT2D eigenvalue weighted by Crippen LogP contribution is 2.41. The Morgan fingerprint density at radius 3 is 2.62 bits per heavy atom. The average Bonchev–Trinajstić information content (AvgIpc) is 3.31. The van der Waals surface area contributed by atoms with Crippen molar-refractivity contribution < 1.29 is 9.53 Å². The lowest BCUT2D eigenvalue weighted by molar-refractivity contribution is -0.154. The zero-order chi connectivity index (χ0) is 15.3. The Balaban J connectivity index is 2.14. The molecule has 4 heteroatoms. The van der Waals surface area contributed by atoms with E-state index in [2.05, 4.69) is 24.1 Å². The number of ether oxygens (including phenoxy) is 1. The summed E-state index contributed by atoms with van der Waals surface area (Å²) in [6.45, 7) is 9.63. The summed E-state index contributed by atoms with van der Waals surface area (Å²) in [7, 11) is 0. The maximum Gasteiger partial charge on any atom is 0.327 e. The van der Waals surface area contributed by atoms with Crippen LogP contribution in [0.4, 0.5) is 0 Å². The van der Waals surface area contributed by atoms with Crippen LogP contribution in [0.5, 0.6) is 0 Å². The molecular weight excluding hydrogens is 264 g/mol. The third-order valence-corrected chi connectivity index (χ3v) is 5.00. The van der Waals surface area contributed by atoms with Gasteiger partial charge in [-0.3, -0.25) is 4.90 Å². The molecule has 0 aromatic heterocycles. The fourth-order valence-corrected chi connectivity index (χ4v) is 3.53. The fourth-order valence-electron chi connectivity index (χ4n) is 3.53. The molecule has 0 aromatic rings. The molecule has 0 aromatic carbocycles. The first kappa shape index (κ1) is 16.8. The van der Waals surface area contributed by atoms with E-state index < -0.39 is 5.54 Å². The van der Waals surface area contributed by atoms with Crippen molar-refractivity contribution in [1.29, 1.82) is 0 Å². The van der Waals surface area contributed by atoms with E-state index in [4.69, 9.17) is 4.74 Å². The molecule has 0 bridgehead atoms. The first-order valence-electron chi connectivity index (χ1n) is 8.80. The molecule has 2 atom stereocenters.